The van der Waals surface area contributed by atoms with E-state index in [4.69, 9.17) is 37.0 Å². The number of phosphoric acid groups is 2. The highest BCUT2D eigenvalue weighted by atomic mass is 31.2. The fraction of sp³-hybridized carbons (Fsp3) is 0.940. The van der Waals surface area contributed by atoms with Gasteiger partial charge in [-0.05, 0) is 31.6 Å². The number of aliphatic hydroxyl groups excluding tert-OH is 1. The van der Waals surface area contributed by atoms with Crippen molar-refractivity contribution in [1.29, 1.82) is 0 Å². The minimum absolute atomic E-state index is 0.107. The van der Waals surface area contributed by atoms with E-state index in [1.165, 1.54) is 167 Å². The third kappa shape index (κ3) is 60.9. The zero-order chi connectivity index (χ0) is 63.5. The lowest BCUT2D eigenvalue weighted by atomic mass is 10.0. The Kier molecular flexibility index (Phi) is 59.2. The fourth-order valence-electron chi connectivity index (χ4n) is 10.1. The molecule has 0 aliphatic rings. The van der Waals surface area contributed by atoms with Crippen molar-refractivity contribution in [3.63, 3.8) is 0 Å². The molecule has 5 atom stereocenters. The van der Waals surface area contributed by atoms with Gasteiger partial charge in [0.05, 0.1) is 26.4 Å². The van der Waals surface area contributed by atoms with Gasteiger partial charge in [-0.3, -0.25) is 37.3 Å². The molecule has 86 heavy (non-hydrogen) atoms. The number of rotatable bonds is 67. The van der Waals surface area contributed by atoms with Crippen molar-refractivity contribution in [3.8, 4) is 0 Å². The first-order valence-electron chi connectivity index (χ1n) is 35.1. The van der Waals surface area contributed by atoms with Crippen molar-refractivity contribution in [3.05, 3.63) is 0 Å². The van der Waals surface area contributed by atoms with Crippen molar-refractivity contribution in [2.45, 2.75) is 361 Å². The van der Waals surface area contributed by atoms with E-state index in [0.717, 1.165) is 95.8 Å². The summed E-state index contributed by atoms with van der Waals surface area (Å²) in [5.74, 6) is -1.35. The zero-order valence-electron chi connectivity index (χ0n) is 55.4. The molecule has 2 unspecified atom stereocenters. The van der Waals surface area contributed by atoms with Gasteiger partial charge in [0.1, 0.15) is 19.3 Å². The van der Waals surface area contributed by atoms with Gasteiger partial charge in [-0.2, -0.15) is 0 Å². The van der Waals surface area contributed by atoms with Gasteiger partial charge in [-0.25, -0.2) is 9.13 Å². The Morgan fingerprint density at radius 1 is 0.314 bits per heavy atom. The van der Waals surface area contributed by atoms with Gasteiger partial charge in [0, 0.05) is 25.7 Å². The Bertz CT molecular complexity index is 1670. The van der Waals surface area contributed by atoms with Crippen LogP contribution >= 0.6 is 15.6 Å². The van der Waals surface area contributed by atoms with Crippen LogP contribution in [0.1, 0.15) is 343 Å². The SMILES string of the molecule is CCCCCCCCCCCCCCC(=O)OC[C@H](COP(=O)(O)OC[C@@H](O)COP(=O)(O)OC[C@@H](COC(=O)CCCCCCCCCCC)OC(=O)CCCCCCCCCCCC)OC(=O)CCCCCCCCCCCCCCC(C)C. The first kappa shape index (κ1) is 84.1. The predicted octanol–water partition coefficient (Wildman–Crippen LogP) is 19.0. The Morgan fingerprint density at radius 3 is 0.791 bits per heavy atom. The summed E-state index contributed by atoms with van der Waals surface area (Å²) < 4.78 is 68.1. The second kappa shape index (κ2) is 60.6. The number of aliphatic hydroxyl groups is 1. The quantitative estimate of drug-likeness (QED) is 0.0222. The summed E-state index contributed by atoms with van der Waals surface area (Å²) in [5.41, 5.74) is 0. The molecular weight excluding hydrogens is 1140 g/mol. The lowest BCUT2D eigenvalue weighted by Gasteiger charge is -2.21. The molecule has 510 valence electrons. The summed E-state index contributed by atoms with van der Waals surface area (Å²) in [5, 5.41) is 10.6. The number of hydrogen-bond donors (Lipinski definition) is 3. The van der Waals surface area contributed by atoms with E-state index in [-0.39, 0.29) is 25.7 Å². The topological polar surface area (TPSA) is 237 Å². The van der Waals surface area contributed by atoms with Crippen LogP contribution in [-0.4, -0.2) is 96.7 Å². The lowest BCUT2D eigenvalue weighted by Crippen LogP contribution is -2.30. The molecule has 0 saturated carbocycles. The highest BCUT2D eigenvalue weighted by Crippen LogP contribution is 2.45. The van der Waals surface area contributed by atoms with E-state index < -0.39 is 97.5 Å². The number of carbonyl (C=O) groups excluding carboxylic acids is 4. The Morgan fingerprint density at radius 2 is 0.535 bits per heavy atom. The van der Waals surface area contributed by atoms with Crippen LogP contribution in [-0.2, 0) is 65.4 Å². The fourth-order valence-corrected chi connectivity index (χ4v) is 11.7. The van der Waals surface area contributed by atoms with E-state index in [2.05, 4.69) is 34.6 Å². The van der Waals surface area contributed by atoms with E-state index >= 15 is 0 Å². The van der Waals surface area contributed by atoms with Crippen molar-refractivity contribution in [2.24, 2.45) is 5.92 Å². The maximum atomic E-state index is 13.0. The van der Waals surface area contributed by atoms with Gasteiger partial charge in [-0.15, -0.1) is 0 Å². The molecule has 0 rings (SSSR count). The average Bonchev–Trinajstić information content (AvgIpc) is 3.68. The number of phosphoric ester groups is 2. The van der Waals surface area contributed by atoms with Gasteiger partial charge >= 0.3 is 39.5 Å². The van der Waals surface area contributed by atoms with Crippen LogP contribution in [0.25, 0.3) is 0 Å². The minimum Gasteiger partial charge on any atom is -0.462 e. The molecule has 0 aliphatic heterocycles. The third-order valence-corrected chi connectivity index (χ3v) is 17.4. The van der Waals surface area contributed by atoms with Crippen LogP contribution in [0.5, 0.6) is 0 Å². The van der Waals surface area contributed by atoms with Crippen LogP contribution in [0.4, 0.5) is 0 Å². The third-order valence-electron chi connectivity index (χ3n) is 15.5. The van der Waals surface area contributed by atoms with Gasteiger partial charge in [0.25, 0.3) is 0 Å². The molecule has 0 aromatic carbocycles. The number of ether oxygens (including phenoxy) is 4. The number of unbranched alkanes of at least 4 members (excludes halogenated alkanes) is 39. The van der Waals surface area contributed by atoms with E-state index in [1.54, 1.807) is 0 Å². The summed E-state index contributed by atoms with van der Waals surface area (Å²) in [6, 6.07) is 0. The zero-order valence-corrected chi connectivity index (χ0v) is 57.2. The standard InChI is InChI=1S/C67H130O17P2/c1-6-9-12-15-18-21-23-27-32-36-41-46-51-65(70)78-57-63(84-67(72)53-48-43-38-33-28-25-24-26-30-34-39-44-49-60(4)5)59-82-86(75,76)80-55-61(68)54-79-85(73,74)81-58-62(56-77-64(69)50-45-40-35-29-20-17-14-11-8-3)83-66(71)52-47-42-37-31-22-19-16-13-10-7-2/h60-63,68H,6-59H2,1-5H3,(H,73,74)(H,75,76)/t61-,62+,63+/m0/s1. The van der Waals surface area contributed by atoms with E-state index in [9.17, 15) is 43.2 Å². The number of esters is 4. The minimum atomic E-state index is -4.95. The molecular formula is C67H130O17P2. The molecule has 0 aromatic heterocycles. The average molecular weight is 1270 g/mol. The highest BCUT2D eigenvalue weighted by Gasteiger charge is 2.30. The van der Waals surface area contributed by atoms with Crippen molar-refractivity contribution in [1.82, 2.24) is 0 Å². The van der Waals surface area contributed by atoms with Gasteiger partial charge in [0.2, 0.25) is 0 Å². The second-order valence-electron chi connectivity index (χ2n) is 24.7. The van der Waals surface area contributed by atoms with Crippen LogP contribution < -0.4 is 0 Å². The van der Waals surface area contributed by atoms with Crippen LogP contribution in [0.15, 0.2) is 0 Å². The Hall–Kier alpha value is -1.94. The van der Waals surface area contributed by atoms with Crippen molar-refractivity contribution >= 4 is 39.5 Å². The molecule has 0 bridgehead atoms. The molecule has 0 heterocycles. The molecule has 0 amide bonds. The lowest BCUT2D eigenvalue weighted by molar-refractivity contribution is -0.161. The highest BCUT2D eigenvalue weighted by molar-refractivity contribution is 7.47. The van der Waals surface area contributed by atoms with Crippen LogP contribution in [0.2, 0.25) is 0 Å². The summed E-state index contributed by atoms with van der Waals surface area (Å²) in [4.78, 5) is 72.3. The maximum absolute atomic E-state index is 13.0. The molecule has 3 N–H and O–H groups in total. The monoisotopic (exact) mass is 1270 g/mol. The predicted molar refractivity (Wildman–Crippen MR) is 345 cm³/mol. The smallest absolute Gasteiger partial charge is 0.462 e. The molecule has 0 saturated heterocycles. The molecule has 17 nitrogen and oxygen atoms in total. The van der Waals surface area contributed by atoms with Crippen LogP contribution in [0, 0.1) is 5.92 Å². The molecule has 0 aromatic rings. The van der Waals surface area contributed by atoms with Gasteiger partial charge in [-0.1, -0.05) is 291 Å². The number of carbonyl (C=O) groups is 4. The summed E-state index contributed by atoms with van der Waals surface area (Å²) in [6.07, 6.45) is 45.7. The molecule has 0 aliphatic carbocycles. The molecule has 19 heteroatoms. The maximum Gasteiger partial charge on any atom is 0.472 e. The molecule has 0 fully saturated rings. The van der Waals surface area contributed by atoms with Crippen molar-refractivity contribution < 1.29 is 80.2 Å². The van der Waals surface area contributed by atoms with Crippen molar-refractivity contribution in [2.75, 3.05) is 39.6 Å². The summed E-state index contributed by atoms with van der Waals surface area (Å²) in [6.45, 7) is 7.21. The first-order valence-corrected chi connectivity index (χ1v) is 38.1. The Balaban J connectivity index is 5.23. The normalized spacial score (nSPS) is 14.2. The molecule has 0 radical (unpaired) electrons. The molecule has 0 spiro atoms. The van der Waals surface area contributed by atoms with Gasteiger partial charge in [0.15, 0.2) is 12.2 Å². The summed E-state index contributed by atoms with van der Waals surface area (Å²) >= 11 is 0. The van der Waals surface area contributed by atoms with E-state index in [0.29, 0.717) is 25.7 Å². The Labute approximate surface area is 524 Å². The van der Waals surface area contributed by atoms with E-state index in [1.807, 2.05) is 0 Å². The number of hydrogen-bond acceptors (Lipinski definition) is 15. The van der Waals surface area contributed by atoms with Gasteiger partial charge < -0.3 is 33.8 Å². The second-order valence-corrected chi connectivity index (χ2v) is 27.6. The largest absolute Gasteiger partial charge is 0.472 e. The first-order chi connectivity index (χ1) is 41.5. The summed E-state index contributed by atoms with van der Waals surface area (Å²) in [7, 11) is -9.89. The van der Waals surface area contributed by atoms with Crippen LogP contribution in [0.3, 0.4) is 0 Å².